The molecule has 2 bridgehead atoms. The van der Waals surface area contributed by atoms with Gasteiger partial charge in [0, 0.05) is 23.9 Å². The van der Waals surface area contributed by atoms with Gasteiger partial charge < -0.3 is 39.4 Å². The quantitative estimate of drug-likeness (QED) is 0.283. The average molecular weight is 633 g/mol. The van der Waals surface area contributed by atoms with Crippen molar-refractivity contribution in [2.75, 3.05) is 20.3 Å². The van der Waals surface area contributed by atoms with Crippen LogP contribution in [0.4, 0.5) is 0 Å². The SMILES string of the molecule is COC(C=C(C)C)C[C@@H](C)[C@H]1CC[C@@]2(C)[C@@H]3C=C[C@@]45OC[C@]3(CC[C@]12C)[C@@H]4CC[C@H](O[C@@H]1O[C@H](CO)[C@@H](O)[C@@H](O)[C@H]1O)C5(C)C. The van der Waals surface area contributed by atoms with Crippen molar-refractivity contribution in [1.29, 1.82) is 0 Å². The third-order valence-electron chi connectivity index (χ3n) is 14.6. The summed E-state index contributed by atoms with van der Waals surface area (Å²) in [6.45, 7) is 16.6. The van der Waals surface area contributed by atoms with Crippen LogP contribution in [-0.4, -0.2) is 89.3 Å². The topological polar surface area (TPSA) is 118 Å². The molecule has 1 spiro atoms. The van der Waals surface area contributed by atoms with Crippen LogP contribution in [0.3, 0.4) is 0 Å². The number of fused-ring (bicyclic) bond motifs is 2. The molecule has 256 valence electrons. The fourth-order valence-electron chi connectivity index (χ4n) is 11.9. The molecule has 8 nitrogen and oxygen atoms in total. The van der Waals surface area contributed by atoms with Crippen LogP contribution in [0, 0.1) is 45.3 Å². The standard InChI is InChI=1S/C37H60O8/c1-21(2)17-23(42-8)18-22(3)24-11-13-35(7)26-12-14-37-27(36(26,20-43-37)16-15-34(24,35)6)9-10-28(33(37,4)5)45-32-31(41)30(40)29(39)25(19-38)44-32/h12,14,17,22-32,38-41H,9-11,13,15-16,18-20H2,1-8H3/t22-,23?,24-,25-,26+,27+,28+,29-,30-,31-,32+,34-,35+,36+,37-/m1/s1. The number of aliphatic hydroxyl groups is 4. The predicted molar refractivity (Wildman–Crippen MR) is 171 cm³/mol. The number of methoxy groups -OCH3 is 1. The van der Waals surface area contributed by atoms with Gasteiger partial charge in [-0.15, -0.1) is 0 Å². The summed E-state index contributed by atoms with van der Waals surface area (Å²) in [5.41, 5.74) is 0.902. The van der Waals surface area contributed by atoms with Gasteiger partial charge in [0.05, 0.1) is 31.0 Å². The van der Waals surface area contributed by atoms with Crippen LogP contribution in [0.1, 0.15) is 93.4 Å². The van der Waals surface area contributed by atoms with E-state index in [0.717, 1.165) is 25.9 Å². The normalized spacial score (nSPS) is 51.2. The molecule has 3 saturated carbocycles. The Hall–Kier alpha value is -0.840. The molecule has 0 aromatic heterocycles. The van der Waals surface area contributed by atoms with Crippen molar-refractivity contribution in [2.24, 2.45) is 45.3 Å². The first-order valence-corrected chi connectivity index (χ1v) is 17.6. The molecule has 6 rings (SSSR count). The molecular weight excluding hydrogens is 572 g/mol. The summed E-state index contributed by atoms with van der Waals surface area (Å²) in [6.07, 6.45) is 8.34. The molecule has 5 fully saturated rings. The second-order valence-corrected chi connectivity index (χ2v) is 17.0. The summed E-state index contributed by atoms with van der Waals surface area (Å²) in [7, 11) is 1.84. The van der Waals surface area contributed by atoms with E-state index in [1.54, 1.807) is 0 Å². The smallest absolute Gasteiger partial charge is 0.186 e. The van der Waals surface area contributed by atoms with Crippen molar-refractivity contribution in [3.05, 3.63) is 23.8 Å². The van der Waals surface area contributed by atoms with Gasteiger partial charge in [0.2, 0.25) is 0 Å². The van der Waals surface area contributed by atoms with E-state index in [1.165, 1.54) is 31.3 Å². The van der Waals surface area contributed by atoms with Crippen molar-refractivity contribution in [1.82, 2.24) is 0 Å². The first-order valence-electron chi connectivity index (χ1n) is 17.6. The molecule has 4 aliphatic carbocycles. The zero-order chi connectivity index (χ0) is 32.7. The number of ether oxygens (including phenoxy) is 4. The monoisotopic (exact) mass is 632 g/mol. The van der Waals surface area contributed by atoms with Gasteiger partial charge in [-0.25, -0.2) is 0 Å². The first kappa shape index (κ1) is 34.0. The molecular formula is C37H60O8. The highest BCUT2D eigenvalue weighted by Gasteiger charge is 2.75. The molecule has 0 amide bonds. The average Bonchev–Trinajstić information content (AvgIpc) is 3.39. The lowest BCUT2D eigenvalue weighted by Gasteiger charge is -2.65. The summed E-state index contributed by atoms with van der Waals surface area (Å²) in [4.78, 5) is 0. The van der Waals surface area contributed by atoms with Crippen molar-refractivity contribution in [3.8, 4) is 0 Å². The maximum absolute atomic E-state index is 10.7. The van der Waals surface area contributed by atoms with Gasteiger partial charge >= 0.3 is 0 Å². The lowest BCUT2D eigenvalue weighted by Crippen LogP contribution is -2.66. The van der Waals surface area contributed by atoms with E-state index in [1.807, 2.05) is 7.11 Å². The first-order chi connectivity index (χ1) is 21.1. The summed E-state index contributed by atoms with van der Waals surface area (Å²) < 4.78 is 25.2. The molecule has 4 N–H and O–H groups in total. The molecule has 1 unspecified atom stereocenters. The van der Waals surface area contributed by atoms with Gasteiger partial charge in [-0.1, -0.05) is 58.4 Å². The van der Waals surface area contributed by atoms with Crippen molar-refractivity contribution >= 4 is 0 Å². The van der Waals surface area contributed by atoms with Crippen molar-refractivity contribution < 1.29 is 39.4 Å². The second-order valence-electron chi connectivity index (χ2n) is 17.0. The van der Waals surface area contributed by atoms with E-state index in [0.29, 0.717) is 23.7 Å². The van der Waals surface area contributed by atoms with E-state index in [2.05, 4.69) is 66.7 Å². The molecule has 2 saturated heterocycles. The molecule has 8 heteroatoms. The van der Waals surface area contributed by atoms with Gasteiger partial charge in [0.15, 0.2) is 6.29 Å². The van der Waals surface area contributed by atoms with Crippen LogP contribution in [-0.2, 0) is 18.9 Å². The zero-order valence-electron chi connectivity index (χ0n) is 28.9. The Morgan fingerprint density at radius 3 is 2.38 bits per heavy atom. The summed E-state index contributed by atoms with van der Waals surface area (Å²) >= 11 is 0. The number of hydrogen-bond donors (Lipinski definition) is 4. The van der Waals surface area contributed by atoms with Gasteiger partial charge in [-0.3, -0.25) is 0 Å². The van der Waals surface area contributed by atoms with Crippen molar-refractivity contribution in [3.63, 3.8) is 0 Å². The van der Waals surface area contributed by atoms with Gasteiger partial charge in [-0.05, 0) is 87.4 Å². The number of aliphatic hydroxyl groups excluding tert-OH is 4. The molecule has 15 atom stereocenters. The highest BCUT2D eigenvalue weighted by molar-refractivity contribution is 5.33. The molecule has 0 aromatic carbocycles. The second kappa shape index (κ2) is 11.6. The third kappa shape index (κ3) is 4.74. The van der Waals surface area contributed by atoms with Crippen molar-refractivity contribution in [2.45, 2.75) is 142 Å². The fraction of sp³-hybridized carbons (Fsp3) is 0.892. The number of rotatable bonds is 8. The zero-order valence-corrected chi connectivity index (χ0v) is 28.9. The highest BCUT2D eigenvalue weighted by atomic mass is 16.7. The lowest BCUT2D eigenvalue weighted by atomic mass is 9.38. The maximum atomic E-state index is 10.7. The van der Waals surface area contributed by atoms with Gasteiger partial charge in [0.1, 0.15) is 24.4 Å². The van der Waals surface area contributed by atoms with Gasteiger partial charge in [-0.2, -0.15) is 0 Å². The Labute approximate surface area is 270 Å². The number of hydrogen-bond acceptors (Lipinski definition) is 8. The molecule has 0 radical (unpaired) electrons. The Bertz CT molecular complexity index is 1160. The Balaban J connectivity index is 1.25. The highest BCUT2D eigenvalue weighted by Crippen LogP contribution is 2.77. The van der Waals surface area contributed by atoms with Crippen LogP contribution >= 0.6 is 0 Å². The third-order valence-corrected chi connectivity index (χ3v) is 14.6. The molecule has 45 heavy (non-hydrogen) atoms. The lowest BCUT2D eigenvalue weighted by molar-refractivity contribution is -0.329. The molecule has 0 aromatic rings. The molecule has 2 heterocycles. The predicted octanol–water partition coefficient (Wildman–Crippen LogP) is 4.77. The molecule has 2 aliphatic heterocycles. The van der Waals surface area contributed by atoms with Crippen LogP contribution in [0.2, 0.25) is 0 Å². The Morgan fingerprint density at radius 2 is 1.71 bits per heavy atom. The minimum Gasteiger partial charge on any atom is -0.394 e. The van der Waals surface area contributed by atoms with Crippen LogP contribution in [0.5, 0.6) is 0 Å². The summed E-state index contributed by atoms with van der Waals surface area (Å²) in [5.74, 6) is 2.06. The minimum atomic E-state index is -1.46. The van der Waals surface area contributed by atoms with Crippen LogP contribution in [0.15, 0.2) is 23.8 Å². The van der Waals surface area contributed by atoms with E-state index in [-0.39, 0.29) is 28.5 Å². The van der Waals surface area contributed by atoms with E-state index in [4.69, 9.17) is 18.9 Å². The van der Waals surface area contributed by atoms with E-state index < -0.39 is 48.3 Å². The van der Waals surface area contributed by atoms with Crippen LogP contribution < -0.4 is 0 Å². The van der Waals surface area contributed by atoms with E-state index in [9.17, 15) is 20.4 Å². The van der Waals surface area contributed by atoms with Crippen LogP contribution in [0.25, 0.3) is 0 Å². The Kier molecular flexibility index (Phi) is 8.81. The largest absolute Gasteiger partial charge is 0.394 e. The van der Waals surface area contributed by atoms with Gasteiger partial charge in [0.25, 0.3) is 0 Å². The summed E-state index contributed by atoms with van der Waals surface area (Å²) in [6, 6.07) is 0. The minimum absolute atomic E-state index is 0.0869. The number of allylic oxidation sites excluding steroid dienone is 2. The fourth-order valence-corrected chi connectivity index (χ4v) is 11.9. The summed E-state index contributed by atoms with van der Waals surface area (Å²) in [5, 5.41) is 41.1. The maximum Gasteiger partial charge on any atom is 0.186 e. The Morgan fingerprint density at radius 1 is 0.978 bits per heavy atom. The molecule has 6 aliphatic rings. The van der Waals surface area contributed by atoms with E-state index >= 15 is 0 Å².